The van der Waals surface area contributed by atoms with Crippen molar-refractivity contribution in [3.63, 3.8) is 0 Å². The number of amides is 2. The molecule has 1 saturated carbocycles. The van der Waals surface area contributed by atoms with Gasteiger partial charge in [0.25, 0.3) is 5.91 Å². The highest BCUT2D eigenvalue weighted by Crippen LogP contribution is 2.30. The molecular formula is C21H28N4O3S. The number of aromatic nitrogens is 1. The van der Waals surface area contributed by atoms with E-state index in [-0.39, 0.29) is 17.9 Å². The maximum absolute atomic E-state index is 12.9. The maximum atomic E-state index is 12.9. The van der Waals surface area contributed by atoms with E-state index in [1.807, 2.05) is 24.3 Å². The molecule has 2 amide bonds. The summed E-state index contributed by atoms with van der Waals surface area (Å²) in [6.07, 6.45) is 2.29. The van der Waals surface area contributed by atoms with Crippen molar-refractivity contribution in [1.29, 1.82) is 0 Å². The van der Waals surface area contributed by atoms with E-state index in [0.29, 0.717) is 36.3 Å². The zero-order chi connectivity index (χ0) is 20.8. The molecule has 0 radical (unpaired) electrons. The summed E-state index contributed by atoms with van der Waals surface area (Å²) in [4.78, 5) is 31.2. The van der Waals surface area contributed by atoms with Gasteiger partial charge in [-0.25, -0.2) is 4.98 Å². The van der Waals surface area contributed by atoms with Crippen LogP contribution in [0.15, 0.2) is 29.6 Å². The second kappa shape index (κ2) is 9.73. The van der Waals surface area contributed by atoms with Gasteiger partial charge in [-0.1, -0.05) is 13.8 Å². The lowest BCUT2D eigenvalue weighted by Gasteiger charge is -2.21. The summed E-state index contributed by atoms with van der Waals surface area (Å²) in [7, 11) is 1.63. The monoisotopic (exact) mass is 416 g/mol. The van der Waals surface area contributed by atoms with Gasteiger partial charge >= 0.3 is 0 Å². The van der Waals surface area contributed by atoms with Crippen LogP contribution >= 0.6 is 11.3 Å². The van der Waals surface area contributed by atoms with Gasteiger partial charge in [0.05, 0.1) is 7.11 Å². The first kappa shape index (κ1) is 21.1. The van der Waals surface area contributed by atoms with E-state index in [0.717, 1.165) is 24.3 Å². The van der Waals surface area contributed by atoms with E-state index in [2.05, 4.69) is 29.5 Å². The van der Waals surface area contributed by atoms with E-state index < -0.39 is 0 Å². The van der Waals surface area contributed by atoms with Crippen molar-refractivity contribution >= 4 is 34.0 Å². The first-order chi connectivity index (χ1) is 14.0. The van der Waals surface area contributed by atoms with E-state index >= 15 is 0 Å². The van der Waals surface area contributed by atoms with Gasteiger partial charge in [0, 0.05) is 36.6 Å². The summed E-state index contributed by atoms with van der Waals surface area (Å²) in [6.45, 7) is 5.19. The molecule has 2 N–H and O–H groups in total. The third-order valence-corrected chi connectivity index (χ3v) is 5.36. The number of nitrogens with one attached hydrogen (secondary N) is 2. The first-order valence-corrected chi connectivity index (χ1v) is 10.8. The van der Waals surface area contributed by atoms with Gasteiger partial charge in [-0.3, -0.25) is 9.59 Å². The average Bonchev–Trinajstić information content (AvgIpc) is 3.44. The van der Waals surface area contributed by atoms with Crippen LogP contribution in [0.4, 0.5) is 10.8 Å². The predicted octanol–water partition coefficient (Wildman–Crippen LogP) is 3.66. The fourth-order valence-electron chi connectivity index (χ4n) is 2.84. The number of nitrogens with zero attached hydrogens (tertiary/aromatic N) is 2. The zero-order valence-corrected chi connectivity index (χ0v) is 17.9. The molecule has 0 spiro atoms. The summed E-state index contributed by atoms with van der Waals surface area (Å²) >= 11 is 1.39. The number of carbonyl (C=O) groups is 2. The normalized spacial score (nSPS) is 13.2. The lowest BCUT2D eigenvalue weighted by atomic mass is 10.2. The third-order valence-electron chi connectivity index (χ3n) is 4.60. The molecular weight excluding hydrogens is 388 g/mol. The number of carbonyl (C=O) groups excluding carboxylic acids is 2. The Kier molecular flexibility index (Phi) is 7.09. The largest absolute Gasteiger partial charge is 0.497 e. The molecule has 1 aromatic heterocycles. The van der Waals surface area contributed by atoms with Gasteiger partial charge < -0.3 is 20.3 Å². The van der Waals surface area contributed by atoms with E-state index in [1.54, 1.807) is 17.4 Å². The number of hydrogen-bond donors (Lipinski definition) is 2. The minimum absolute atomic E-state index is 0.0164. The van der Waals surface area contributed by atoms with Crippen LogP contribution in [-0.4, -0.2) is 47.9 Å². The second-order valence-corrected chi connectivity index (χ2v) is 8.43. The molecule has 8 heteroatoms. The standard InChI is InChI=1S/C21H28N4O3S/c1-14(2)12-22-19(26)10-11-25(16-6-7-16)20(27)18-13-29-21(24-18)23-15-4-8-17(28-3)9-5-15/h4-5,8-9,13-14,16H,6-7,10-12H2,1-3H3,(H,22,26)(H,23,24). The molecule has 0 atom stereocenters. The average molecular weight is 417 g/mol. The van der Waals surface area contributed by atoms with Crippen molar-refractivity contribution in [2.45, 2.75) is 39.2 Å². The van der Waals surface area contributed by atoms with Crippen molar-refractivity contribution in [3.8, 4) is 5.75 Å². The number of methoxy groups -OCH3 is 1. The lowest BCUT2D eigenvalue weighted by molar-refractivity contribution is -0.121. The highest BCUT2D eigenvalue weighted by atomic mass is 32.1. The SMILES string of the molecule is COc1ccc(Nc2nc(C(=O)N(CCC(=O)NCC(C)C)C3CC3)cs2)cc1. The van der Waals surface area contributed by atoms with E-state index in [1.165, 1.54) is 11.3 Å². The van der Waals surface area contributed by atoms with Crippen molar-refractivity contribution in [3.05, 3.63) is 35.3 Å². The Morgan fingerprint density at radius 2 is 2.00 bits per heavy atom. The van der Waals surface area contributed by atoms with Crippen LogP contribution in [0.5, 0.6) is 5.75 Å². The highest BCUT2D eigenvalue weighted by molar-refractivity contribution is 7.14. The van der Waals surface area contributed by atoms with Crippen LogP contribution < -0.4 is 15.4 Å². The Hall–Kier alpha value is -2.61. The Bertz CT molecular complexity index is 831. The minimum Gasteiger partial charge on any atom is -0.497 e. The summed E-state index contributed by atoms with van der Waals surface area (Å²) in [5.41, 5.74) is 1.29. The summed E-state index contributed by atoms with van der Waals surface area (Å²) < 4.78 is 5.16. The molecule has 1 aliphatic rings. The second-order valence-electron chi connectivity index (χ2n) is 7.57. The summed E-state index contributed by atoms with van der Waals surface area (Å²) in [6, 6.07) is 7.74. The smallest absolute Gasteiger partial charge is 0.273 e. The quantitative estimate of drug-likeness (QED) is 0.618. The van der Waals surface area contributed by atoms with Crippen LogP contribution in [0, 0.1) is 5.92 Å². The van der Waals surface area contributed by atoms with Crippen molar-refractivity contribution < 1.29 is 14.3 Å². The predicted molar refractivity (Wildman–Crippen MR) is 115 cm³/mol. The van der Waals surface area contributed by atoms with Crippen LogP contribution in [0.1, 0.15) is 43.6 Å². The molecule has 0 aliphatic heterocycles. The van der Waals surface area contributed by atoms with Gasteiger partial charge in [0.2, 0.25) is 5.91 Å². The van der Waals surface area contributed by atoms with E-state index in [4.69, 9.17) is 4.74 Å². The fourth-order valence-corrected chi connectivity index (χ4v) is 3.54. The van der Waals surface area contributed by atoms with Crippen LogP contribution in [0.3, 0.4) is 0 Å². The van der Waals surface area contributed by atoms with Crippen molar-refractivity contribution in [1.82, 2.24) is 15.2 Å². The molecule has 1 aliphatic carbocycles. The fraction of sp³-hybridized carbons (Fsp3) is 0.476. The highest BCUT2D eigenvalue weighted by Gasteiger charge is 2.34. The van der Waals surface area contributed by atoms with Gasteiger partial charge in [-0.05, 0) is 43.0 Å². The van der Waals surface area contributed by atoms with Gasteiger partial charge in [-0.2, -0.15) is 0 Å². The van der Waals surface area contributed by atoms with Crippen LogP contribution in [0.2, 0.25) is 0 Å². The first-order valence-electron chi connectivity index (χ1n) is 9.90. The third kappa shape index (κ3) is 6.19. The van der Waals surface area contributed by atoms with Crippen LogP contribution in [-0.2, 0) is 4.79 Å². The Labute approximate surface area is 175 Å². The minimum atomic E-state index is -0.108. The number of thiazole rings is 1. The van der Waals surface area contributed by atoms with Crippen molar-refractivity contribution in [2.75, 3.05) is 25.5 Å². The molecule has 0 bridgehead atoms. The molecule has 0 unspecified atom stereocenters. The van der Waals surface area contributed by atoms with Gasteiger partial charge in [-0.15, -0.1) is 11.3 Å². The van der Waals surface area contributed by atoms with Gasteiger partial charge in [0.1, 0.15) is 11.4 Å². The molecule has 7 nitrogen and oxygen atoms in total. The molecule has 1 heterocycles. The van der Waals surface area contributed by atoms with Crippen LogP contribution in [0.25, 0.3) is 0 Å². The molecule has 29 heavy (non-hydrogen) atoms. The number of benzene rings is 1. The number of rotatable bonds is 10. The number of ether oxygens (including phenoxy) is 1. The maximum Gasteiger partial charge on any atom is 0.273 e. The van der Waals surface area contributed by atoms with E-state index in [9.17, 15) is 9.59 Å². The Morgan fingerprint density at radius 1 is 1.28 bits per heavy atom. The summed E-state index contributed by atoms with van der Waals surface area (Å²) in [5, 5.41) is 8.54. The molecule has 0 saturated heterocycles. The molecule has 156 valence electrons. The van der Waals surface area contributed by atoms with Crippen molar-refractivity contribution in [2.24, 2.45) is 5.92 Å². The topological polar surface area (TPSA) is 83.6 Å². The summed E-state index contributed by atoms with van der Waals surface area (Å²) in [5.74, 6) is 1.07. The molecule has 2 aromatic rings. The Morgan fingerprint density at radius 3 is 2.62 bits per heavy atom. The van der Waals surface area contributed by atoms with Gasteiger partial charge in [0.15, 0.2) is 5.13 Å². The number of anilines is 2. The zero-order valence-electron chi connectivity index (χ0n) is 17.1. The lowest BCUT2D eigenvalue weighted by Crippen LogP contribution is -2.37. The number of hydrogen-bond acceptors (Lipinski definition) is 6. The Balaban J connectivity index is 1.58. The molecule has 1 fully saturated rings. The molecule has 1 aromatic carbocycles. The molecule has 3 rings (SSSR count).